The van der Waals surface area contributed by atoms with E-state index in [1.807, 2.05) is 18.2 Å². The topological polar surface area (TPSA) is 97.2 Å². The van der Waals surface area contributed by atoms with E-state index in [1.54, 1.807) is 0 Å². The molecule has 4 rings (SSSR count). The summed E-state index contributed by atoms with van der Waals surface area (Å²) in [5, 5.41) is 17.9. The number of rotatable bonds is 4. The molecule has 0 atom stereocenters. The van der Waals surface area contributed by atoms with E-state index in [1.165, 1.54) is 12.5 Å². The monoisotopic (exact) mass is 348 g/mol. The van der Waals surface area contributed by atoms with E-state index in [4.69, 9.17) is 0 Å². The fraction of sp³-hybridized carbons (Fsp3) is 0.214. The summed E-state index contributed by atoms with van der Waals surface area (Å²) in [6, 6.07) is 5.56. The van der Waals surface area contributed by atoms with Crippen LogP contribution in [0.5, 0.6) is 0 Å². The maximum Gasteiger partial charge on any atom is 0.408 e. The molecule has 8 nitrogen and oxygen atoms in total. The number of anilines is 1. The van der Waals surface area contributed by atoms with Gasteiger partial charge in [0, 0.05) is 12.7 Å². The van der Waals surface area contributed by atoms with Crippen molar-refractivity contribution in [1.29, 1.82) is 0 Å². The highest BCUT2D eigenvalue weighted by molar-refractivity contribution is 5.85. The molecular weight excluding hydrogens is 337 g/mol. The lowest BCUT2D eigenvalue weighted by Crippen LogP contribution is -2.17. The van der Waals surface area contributed by atoms with Crippen LogP contribution in [-0.4, -0.2) is 41.3 Å². The average molecular weight is 348 g/mol. The molecule has 0 saturated carbocycles. The molecule has 0 saturated heterocycles. The fourth-order valence-electron chi connectivity index (χ4n) is 2.47. The Balaban J connectivity index is 1.58. The van der Waals surface area contributed by atoms with Crippen LogP contribution in [-0.2, 0) is 13.1 Å². The van der Waals surface area contributed by atoms with Crippen molar-refractivity contribution in [3.8, 4) is 0 Å². The summed E-state index contributed by atoms with van der Waals surface area (Å²) in [7, 11) is 0. The second-order valence-corrected chi connectivity index (χ2v) is 5.40. The number of hydrogen-bond donors (Lipinski definition) is 2. The molecule has 0 bridgehead atoms. The van der Waals surface area contributed by atoms with E-state index in [-0.39, 0.29) is 5.65 Å². The number of halogens is 3. The van der Waals surface area contributed by atoms with Crippen LogP contribution < -0.4 is 5.32 Å². The number of aromatic amines is 1. The lowest BCUT2D eigenvalue weighted by atomic mass is 10.2. The van der Waals surface area contributed by atoms with Gasteiger partial charge in [-0.25, -0.2) is 9.97 Å². The van der Waals surface area contributed by atoms with Crippen LogP contribution in [0.25, 0.3) is 22.1 Å². The van der Waals surface area contributed by atoms with E-state index in [0.29, 0.717) is 17.7 Å². The number of hydrogen-bond acceptors (Lipinski definition) is 6. The minimum absolute atomic E-state index is 0.203. The predicted octanol–water partition coefficient (Wildman–Crippen LogP) is 2.27. The molecule has 11 heteroatoms. The first-order valence-corrected chi connectivity index (χ1v) is 7.26. The molecule has 0 aliphatic carbocycles. The van der Waals surface area contributed by atoms with E-state index < -0.39 is 12.7 Å². The highest BCUT2D eigenvalue weighted by atomic mass is 19.4. The third-order valence-corrected chi connectivity index (χ3v) is 3.55. The first-order chi connectivity index (χ1) is 12.0. The number of nitrogens with zero attached hydrogens (tertiary/aromatic N) is 6. The lowest BCUT2D eigenvalue weighted by molar-refractivity contribution is -0.142. The third-order valence-electron chi connectivity index (χ3n) is 3.55. The Labute approximate surface area is 138 Å². The molecular formula is C14H11F3N8. The van der Waals surface area contributed by atoms with E-state index in [9.17, 15) is 13.2 Å². The van der Waals surface area contributed by atoms with Gasteiger partial charge in [0.25, 0.3) is 0 Å². The van der Waals surface area contributed by atoms with Gasteiger partial charge in [-0.1, -0.05) is 6.07 Å². The summed E-state index contributed by atoms with van der Waals surface area (Å²) in [4.78, 5) is 8.00. The average Bonchev–Trinajstić information content (AvgIpc) is 3.16. The zero-order chi connectivity index (χ0) is 17.4. The van der Waals surface area contributed by atoms with Gasteiger partial charge in [0.05, 0.1) is 5.39 Å². The molecule has 0 unspecified atom stereocenters. The molecule has 4 aromatic rings. The Morgan fingerprint density at radius 3 is 2.80 bits per heavy atom. The molecule has 0 aliphatic heterocycles. The van der Waals surface area contributed by atoms with Gasteiger partial charge in [-0.15, -0.1) is 0 Å². The standard InChI is InChI=1S/C14H11F3N8/c15-14(16,17)6-25-5-9-12(19-7-20-13(9)23-25)18-4-8-1-2-10-11(3-8)22-24-21-10/h1-3,5,7H,4,6H2,(H,21,22,24)(H,18,19,20,23). The van der Waals surface area contributed by atoms with Crippen LogP contribution in [0.4, 0.5) is 19.0 Å². The van der Waals surface area contributed by atoms with E-state index in [0.717, 1.165) is 21.3 Å². The van der Waals surface area contributed by atoms with Gasteiger partial charge < -0.3 is 5.32 Å². The Bertz CT molecular complexity index is 1040. The van der Waals surface area contributed by atoms with Gasteiger partial charge in [0.2, 0.25) is 0 Å². The van der Waals surface area contributed by atoms with E-state index >= 15 is 0 Å². The molecule has 0 amide bonds. The van der Waals surface area contributed by atoms with Crippen LogP contribution in [0.15, 0.2) is 30.7 Å². The van der Waals surface area contributed by atoms with Crippen LogP contribution in [0, 0.1) is 0 Å². The van der Waals surface area contributed by atoms with Crippen molar-refractivity contribution >= 4 is 27.9 Å². The molecule has 3 heterocycles. The Morgan fingerprint density at radius 2 is 1.96 bits per heavy atom. The number of benzene rings is 1. The van der Waals surface area contributed by atoms with Crippen molar-refractivity contribution < 1.29 is 13.2 Å². The first kappa shape index (κ1) is 15.3. The summed E-state index contributed by atoms with van der Waals surface area (Å²) < 4.78 is 38.4. The second kappa shape index (κ2) is 5.69. The van der Waals surface area contributed by atoms with Gasteiger partial charge >= 0.3 is 6.18 Å². The fourth-order valence-corrected chi connectivity index (χ4v) is 2.47. The Kier molecular flexibility index (Phi) is 3.48. The zero-order valence-electron chi connectivity index (χ0n) is 12.6. The SMILES string of the molecule is FC(F)(F)Cn1cc2c(NCc3ccc4n[nH]nc4c3)ncnc2n1. The Morgan fingerprint density at radius 1 is 1.12 bits per heavy atom. The van der Waals surface area contributed by atoms with Crippen LogP contribution in [0.2, 0.25) is 0 Å². The molecule has 25 heavy (non-hydrogen) atoms. The molecule has 0 spiro atoms. The third kappa shape index (κ3) is 3.20. The Hall–Kier alpha value is -3.24. The van der Waals surface area contributed by atoms with Crippen molar-refractivity contribution in [2.24, 2.45) is 0 Å². The number of H-pyrrole nitrogens is 1. The molecule has 2 N–H and O–H groups in total. The summed E-state index contributed by atoms with van der Waals surface area (Å²) in [5.41, 5.74) is 2.61. The molecule has 0 fully saturated rings. The number of fused-ring (bicyclic) bond motifs is 2. The van der Waals surface area contributed by atoms with Crippen LogP contribution >= 0.6 is 0 Å². The zero-order valence-corrected chi connectivity index (χ0v) is 12.6. The molecule has 3 aromatic heterocycles. The van der Waals surface area contributed by atoms with Gasteiger partial charge in [-0.05, 0) is 17.7 Å². The summed E-state index contributed by atoms with van der Waals surface area (Å²) >= 11 is 0. The molecule has 1 aromatic carbocycles. The first-order valence-electron chi connectivity index (χ1n) is 7.26. The van der Waals surface area contributed by atoms with Crippen molar-refractivity contribution in [2.45, 2.75) is 19.3 Å². The maximum absolute atomic E-state index is 12.5. The van der Waals surface area contributed by atoms with Gasteiger partial charge in [-0.2, -0.15) is 33.7 Å². The highest BCUT2D eigenvalue weighted by Gasteiger charge is 2.28. The summed E-state index contributed by atoms with van der Waals surface area (Å²) in [6.45, 7) is -0.759. The van der Waals surface area contributed by atoms with Gasteiger partial charge in [0.1, 0.15) is 29.7 Å². The number of alkyl halides is 3. The minimum atomic E-state index is -4.35. The molecule has 0 radical (unpaired) electrons. The van der Waals surface area contributed by atoms with E-state index in [2.05, 4.69) is 35.8 Å². The smallest absolute Gasteiger partial charge is 0.365 e. The van der Waals surface area contributed by atoms with Crippen molar-refractivity contribution in [3.63, 3.8) is 0 Å². The minimum Gasteiger partial charge on any atom is -0.365 e. The quantitative estimate of drug-likeness (QED) is 0.587. The molecule has 0 aliphatic rings. The maximum atomic E-state index is 12.5. The van der Waals surface area contributed by atoms with Crippen molar-refractivity contribution in [2.75, 3.05) is 5.32 Å². The lowest BCUT2D eigenvalue weighted by Gasteiger charge is -2.06. The highest BCUT2D eigenvalue weighted by Crippen LogP contribution is 2.22. The van der Waals surface area contributed by atoms with Crippen molar-refractivity contribution in [3.05, 3.63) is 36.3 Å². The van der Waals surface area contributed by atoms with Crippen LogP contribution in [0.3, 0.4) is 0 Å². The van der Waals surface area contributed by atoms with Gasteiger partial charge in [-0.3, -0.25) is 4.68 Å². The number of aromatic nitrogens is 7. The normalized spacial score (nSPS) is 12.1. The summed E-state index contributed by atoms with van der Waals surface area (Å²) in [6.07, 6.45) is -1.81. The van der Waals surface area contributed by atoms with Gasteiger partial charge in [0.15, 0.2) is 5.65 Å². The van der Waals surface area contributed by atoms with Crippen molar-refractivity contribution in [1.82, 2.24) is 35.2 Å². The molecule has 128 valence electrons. The largest absolute Gasteiger partial charge is 0.408 e. The second-order valence-electron chi connectivity index (χ2n) is 5.40. The number of nitrogens with one attached hydrogen (secondary N) is 2. The van der Waals surface area contributed by atoms with Crippen LogP contribution in [0.1, 0.15) is 5.56 Å². The predicted molar refractivity (Wildman–Crippen MR) is 82.6 cm³/mol. The summed E-state index contributed by atoms with van der Waals surface area (Å²) in [5.74, 6) is 0.415.